The van der Waals surface area contributed by atoms with Crippen molar-refractivity contribution in [2.24, 2.45) is 11.8 Å². The first kappa shape index (κ1) is 10.6. The van der Waals surface area contributed by atoms with Crippen LogP contribution in [0.2, 0.25) is 0 Å². The first-order chi connectivity index (χ1) is 8.15. The Labute approximate surface area is 98.9 Å². The van der Waals surface area contributed by atoms with Gasteiger partial charge in [-0.25, -0.2) is 9.18 Å². The van der Waals surface area contributed by atoms with Crippen LogP contribution in [0, 0.1) is 17.7 Å². The quantitative estimate of drug-likeness (QED) is 0.853. The highest BCUT2D eigenvalue weighted by atomic mass is 19.1. The lowest BCUT2D eigenvalue weighted by Gasteiger charge is -2.52. The fraction of sp³-hybridized carbons (Fsp3) is 0.462. The fourth-order valence-electron chi connectivity index (χ4n) is 3.10. The summed E-state index contributed by atoms with van der Waals surface area (Å²) in [5, 5.41) is 9.30. The molecule has 17 heavy (non-hydrogen) atoms. The second-order valence-corrected chi connectivity index (χ2v) is 5.01. The lowest BCUT2D eigenvalue weighted by Crippen LogP contribution is -2.59. The van der Waals surface area contributed by atoms with Crippen LogP contribution in [0.15, 0.2) is 24.3 Å². The highest BCUT2D eigenvalue weighted by Crippen LogP contribution is 2.45. The predicted octanol–water partition coefficient (Wildman–Crippen LogP) is 2.13. The van der Waals surface area contributed by atoms with Gasteiger partial charge in [0.05, 0.1) is 0 Å². The third-order valence-corrected chi connectivity index (χ3v) is 3.90. The lowest BCUT2D eigenvalue weighted by atomic mass is 9.66. The fourth-order valence-corrected chi connectivity index (χ4v) is 3.10. The normalized spacial score (nSPS) is 30.9. The Kier molecular flexibility index (Phi) is 2.31. The highest BCUT2D eigenvalue weighted by molar-refractivity contribution is 5.79. The summed E-state index contributed by atoms with van der Waals surface area (Å²) in [5.74, 6) is -0.295. The number of halogens is 1. The molecule has 4 rings (SSSR count). The molecule has 1 saturated carbocycles. The van der Waals surface area contributed by atoms with Gasteiger partial charge in [-0.1, -0.05) is 6.07 Å². The number of aliphatic carboxylic acids is 1. The molecule has 3 fully saturated rings. The zero-order chi connectivity index (χ0) is 12.0. The second kappa shape index (κ2) is 3.72. The zero-order valence-corrected chi connectivity index (χ0v) is 9.34. The van der Waals surface area contributed by atoms with Crippen molar-refractivity contribution in [1.29, 1.82) is 0 Å². The van der Waals surface area contributed by atoms with Crippen molar-refractivity contribution in [1.82, 2.24) is 0 Å². The second-order valence-electron chi connectivity index (χ2n) is 5.01. The summed E-state index contributed by atoms with van der Waals surface area (Å²) in [6.07, 6.45) is 2.01. The molecule has 2 aliphatic heterocycles. The number of anilines is 1. The molecule has 1 aliphatic carbocycles. The minimum atomic E-state index is -0.794. The molecule has 1 N–H and O–H groups in total. The van der Waals surface area contributed by atoms with Gasteiger partial charge in [-0.2, -0.15) is 0 Å². The Morgan fingerprint density at radius 1 is 1.41 bits per heavy atom. The van der Waals surface area contributed by atoms with Crippen LogP contribution < -0.4 is 4.90 Å². The summed E-state index contributed by atoms with van der Waals surface area (Å²) in [5.41, 5.74) is 0.687. The van der Waals surface area contributed by atoms with Gasteiger partial charge >= 0.3 is 5.97 Å². The molecule has 0 amide bonds. The predicted molar refractivity (Wildman–Crippen MR) is 61.4 cm³/mol. The molecule has 3 aliphatic rings. The Morgan fingerprint density at radius 2 is 2.18 bits per heavy atom. The van der Waals surface area contributed by atoms with E-state index < -0.39 is 12.0 Å². The molecular weight excluding hydrogens is 221 g/mol. The van der Waals surface area contributed by atoms with E-state index in [1.807, 2.05) is 4.90 Å². The summed E-state index contributed by atoms with van der Waals surface area (Å²) in [4.78, 5) is 13.2. The molecular formula is C13H14FNO2. The number of carbonyl (C=O) groups is 1. The van der Waals surface area contributed by atoms with E-state index in [1.54, 1.807) is 12.1 Å². The van der Waals surface area contributed by atoms with Crippen LogP contribution in [0.3, 0.4) is 0 Å². The molecule has 0 aromatic heterocycles. The summed E-state index contributed by atoms with van der Waals surface area (Å²) in [7, 11) is 0. The maximum atomic E-state index is 13.2. The maximum absolute atomic E-state index is 13.2. The van der Waals surface area contributed by atoms with Gasteiger partial charge in [0.25, 0.3) is 0 Å². The van der Waals surface area contributed by atoms with Crippen LogP contribution >= 0.6 is 0 Å². The molecule has 1 aromatic carbocycles. The molecule has 3 nitrogen and oxygen atoms in total. The average Bonchev–Trinajstić information content (AvgIpc) is 2.27. The van der Waals surface area contributed by atoms with Gasteiger partial charge in [0, 0.05) is 12.2 Å². The van der Waals surface area contributed by atoms with Crippen molar-refractivity contribution in [2.45, 2.75) is 18.9 Å². The molecule has 2 bridgehead atoms. The molecule has 4 heteroatoms. The van der Waals surface area contributed by atoms with E-state index >= 15 is 0 Å². The molecule has 1 atom stereocenters. The lowest BCUT2D eigenvalue weighted by molar-refractivity contribution is -0.142. The van der Waals surface area contributed by atoms with Crippen LogP contribution in [-0.4, -0.2) is 23.7 Å². The number of hydrogen-bond acceptors (Lipinski definition) is 2. The average molecular weight is 235 g/mol. The van der Waals surface area contributed by atoms with E-state index in [2.05, 4.69) is 0 Å². The summed E-state index contributed by atoms with van der Waals surface area (Å²) in [6.45, 7) is 0.733. The third kappa shape index (κ3) is 1.68. The summed E-state index contributed by atoms with van der Waals surface area (Å²) >= 11 is 0. The van der Waals surface area contributed by atoms with E-state index in [9.17, 15) is 14.3 Å². The van der Waals surface area contributed by atoms with Gasteiger partial charge < -0.3 is 10.0 Å². The first-order valence-corrected chi connectivity index (χ1v) is 5.90. The van der Waals surface area contributed by atoms with Crippen LogP contribution in [0.1, 0.15) is 12.8 Å². The third-order valence-electron chi connectivity index (χ3n) is 3.90. The number of hydrogen-bond donors (Lipinski definition) is 1. The van der Waals surface area contributed by atoms with Crippen molar-refractivity contribution in [3.05, 3.63) is 30.1 Å². The van der Waals surface area contributed by atoms with Crippen molar-refractivity contribution in [2.75, 3.05) is 11.4 Å². The number of carboxylic acids is 1. The van der Waals surface area contributed by atoms with Crippen molar-refractivity contribution >= 4 is 11.7 Å². The highest BCUT2D eigenvalue weighted by Gasteiger charge is 2.48. The molecule has 2 heterocycles. The number of piperidine rings is 2. The van der Waals surface area contributed by atoms with E-state index in [4.69, 9.17) is 0 Å². The van der Waals surface area contributed by atoms with Gasteiger partial charge in [-0.3, -0.25) is 0 Å². The maximum Gasteiger partial charge on any atom is 0.326 e. The van der Waals surface area contributed by atoms with Crippen LogP contribution in [-0.2, 0) is 4.79 Å². The minimum Gasteiger partial charge on any atom is -0.480 e. The molecule has 2 saturated heterocycles. The van der Waals surface area contributed by atoms with Crippen LogP contribution in [0.25, 0.3) is 0 Å². The molecule has 0 spiro atoms. The monoisotopic (exact) mass is 235 g/mol. The Bertz CT molecular complexity index is 456. The van der Waals surface area contributed by atoms with Crippen LogP contribution in [0.4, 0.5) is 10.1 Å². The number of carboxylic acid groups (broad SMARTS) is 1. The SMILES string of the molecule is O=C(O)C1C2CC(C2)CN1c1cccc(F)c1. The van der Waals surface area contributed by atoms with Gasteiger partial charge in [0.1, 0.15) is 11.9 Å². The number of fused-ring (bicyclic) bond motifs is 2. The smallest absolute Gasteiger partial charge is 0.326 e. The van der Waals surface area contributed by atoms with Crippen molar-refractivity contribution in [3.63, 3.8) is 0 Å². The Morgan fingerprint density at radius 3 is 2.82 bits per heavy atom. The van der Waals surface area contributed by atoms with Gasteiger partial charge in [-0.05, 0) is 42.9 Å². The largest absolute Gasteiger partial charge is 0.480 e. The first-order valence-electron chi connectivity index (χ1n) is 5.90. The number of rotatable bonds is 2. The van der Waals surface area contributed by atoms with Crippen molar-refractivity contribution < 1.29 is 14.3 Å². The molecule has 90 valence electrons. The minimum absolute atomic E-state index is 0.231. The number of nitrogens with zero attached hydrogens (tertiary/aromatic N) is 1. The van der Waals surface area contributed by atoms with Crippen molar-refractivity contribution in [3.8, 4) is 0 Å². The molecule has 0 radical (unpaired) electrons. The Hall–Kier alpha value is -1.58. The van der Waals surface area contributed by atoms with E-state index in [1.165, 1.54) is 12.1 Å². The van der Waals surface area contributed by atoms with E-state index in [-0.39, 0.29) is 11.7 Å². The Balaban J connectivity index is 1.93. The van der Waals surface area contributed by atoms with E-state index in [0.29, 0.717) is 11.6 Å². The number of benzene rings is 1. The molecule has 1 aromatic rings. The summed E-state index contributed by atoms with van der Waals surface area (Å²) < 4.78 is 13.2. The summed E-state index contributed by atoms with van der Waals surface area (Å²) in [6, 6.07) is 5.72. The topological polar surface area (TPSA) is 40.5 Å². The molecule has 1 unspecified atom stereocenters. The van der Waals surface area contributed by atoms with Crippen LogP contribution in [0.5, 0.6) is 0 Å². The van der Waals surface area contributed by atoms with Gasteiger partial charge in [0.15, 0.2) is 0 Å². The van der Waals surface area contributed by atoms with Gasteiger partial charge in [-0.15, -0.1) is 0 Å². The standard InChI is InChI=1S/C13H14FNO2/c14-10-2-1-3-11(6-10)15-7-8-4-9(5-8)12(15)13(16)17/h1-3,6,8-9,12H,4-5,7H2,(H,16,17). The van der Waals surface area contributed by atoms with Gasteiger partial charge in [0.2, 0.25) is 0 Å². The van der Waals surface area contributed by atoms with E-state index in [0.717, 1.165) is 19.4 Å². The zero-order valence-electron chi connectivity index (χ0n) is 9.34.